The van der Waals surface area contributed by atoms with Gasteiger partial charge < -0.3 is 9.47 Å². The summed E-state index contributed by atoms with van der Waals surface area (Å²) in [6, 6.07) is 6.51. The van der Waals surface area contributed by atoms with E-state index < -0.39 is 23.6 Å². The van der Waals surface area contributed by atoms with Crippen LogP contribution < -0.4 is 0 Å². The number of aryl methyl sites for hydroxylation is 3. The molecule has 1 aromatic carbocycles. The number of hydrogen-bond donors (Lipinski definition) is 0. The molecule has 0 amide bonds. The van der Waals surface area contributed by atoms with Gasteiger partial charge in [0, 0.05) is 0 Å². The minimum absolute atomic E-state index is 0.110. The number of carbonyl (C=O) groups excluding carboxylic acids is 3. The lowest BCUT2D eigenvalue weighted by atomic mass is 9.95. The van der Waals surface area contributed by atoms with E-state index in [1.165, 1.54) is 16.7 Å². The van der Waals surface area contributed by atoms with Gasteiger partial charge in [0.05, 0.1) is 13.2 Å². The van der Waals surface area contributed by atoms with Crippen LogP contribution in [0.1, 0.15) is 62.6 Å². The minimum atomic E-state index is -1.05. The van der Waals surface area contributed by atoms with Gasteiger partial charge in [-0.15, -0.1) is 0 Å². The van der Waals surface area contributed by atoms with Gasteiger partial charge in [-0.25, -0.2) is 4.79 Å². The first kappa shape index (κ1) is 22.9. The first-order chi connectivity index (χ1) is 12.9. The molecule has 0 saturated heterocycles. The van der Waals surface area contributed by atoms with Gasteiger partial charge in [-0.3, -0.25) is 9.59 Å². The molecule has 5 heteroatoms. The lowest BCUT2D eigenvalue weighted by Crippen LogP contribution is -2.33. The van der Waals surface area contributed by atoms with Crippen molar-refractivity contribution in [2.45, 2.75) is 66.2 Å². The number of rotatable bonds is 12. The van der Waals surface area contributed by atoms with E-state index >= 15 is 0 Å². The first-order valence-electron chi connectivity index (χ1n) is 9.84. The maximum Gasteiger partial charge on any atom is 0.375 e. The molecule has 0 aliphatic carbocycles. The van der Waals surface area contributed by atoms with Crippen LogP contribution in [0.5, 0.6) is 0 Å². The smallest absolute Gasteiger partial charge is 0.375 e. The van der Waals surface area contributed by atoms with E-state index in [1.807, 2.05) is 0 Å². The highest BCUT2D eigenvalue weighted by Gasteiger charge is 2.33. The molecule has 1 aromatic rings. The topological polar surface area (TPSA) is 69.7 Å². The number of unbranched alkanes of at least 4 members (excludes halogenated alkanes) is 3. The van der Waals surface area contributed by atoms with Gasteiger partial charge in [0.15, 0.2) is 0 Å². The Bertz CT molecular complexity index is 636. The normalized spacial score (nSPS) is 11.7. The molecule has 0 spiro atoms. The lowest BCUT2D eigenvalue weighted by molar-refractivity contribution is -0.162. The predicted molar refractivity (Wildman–Crippen MR) is 104 cm³/mol. The Morgan fingerprint density at radius 3 is 2.22 bits per heavy atom. The van der Waals surface area contributed by atoms with Crippen molar-refractivity contribution in [3.05, 3.63) is 34.9 Å². The average molecular weight is 376 g/mol. The molecule has 1 unspecified atom stereocenters. The second kappa shape index (κ2) is 12.3. The van der Waals surface area contributed by atoms with Crippen molar-refractivity contribution < 1.29 is 23.9 Å². The Morgan fingerprint density at radius 1 is 0.926 bits per heavy atom. The molecule has 0 aliphatic rings. The van der Waals surface area contributed by atoms with E-state index in [2.05, 4.69) is 32.0 Å². The summed E-state index contributed by atoms with van der Waals surface area (Å²) >= 11 is 0. The zero-order valence-electron chi connectivity index (χ0n) is 17.0. The maximum absolute atomic E-state index is 12.1. The monoisotopic (exact) mass is 376 g/mol. The SMILES string of the molecule is CCOC(=O)C(=O)C(CCCCCCc1ccc(C)cc1C)C(=O)OCC. The van der Waals surface area contributed by atoms with Crippen LogP contribution in [0.15, 0.2) is 18.2 Å². The molecule has 0 heterocycles. The van der Waals surface area contributed by atoms with E-state index in [0.717, 1.165) is 25.7 Å². The highest BCUT2D eigenvalue weighted by molar-refractivity contribution is 6.37. The molecule has 0 bridgehead atoms. The summed E-state index contributed by atoms with van der Waals surface area (Å²) in [5.41, 5.74) is 3.95. The number of hydrogen-bond acceptors (Lipinski definition) is 5. The molecule has 0 aliphatic heterocycles. The van der Waals surface area contributed by atoms with Crippen molar-refractivity contribution in [2.75, 3.05) is 13.2 Å². The average Bonchev–Trinajstić information content (AvgIpc) is 2.62. The molecule has 1 rings (SSSR count). The second-order valence-electron chi connectivity index (χ2n) is 6.77. The molecular weight excluding hydrogens is 344 g/mol. The minimum Gasteiger partial charge on any atom is -0.465 e. The summed E-state index contributed by atoms with van der Waals surface area (Å²) in [6.45, 7) is 7.82. The number of benzene rings is 1. The van der Waals surface area contributed by atoms with Crippen molar-refractivity contribution in [1.29, 1.82) is 0 Å². The van der Waals surface area contributed by atoms with Crippen molar-refractivity contribution in [1.82, 2.24) is 0 Å². The van der Waals surface area contributed by atoms with Crippen molar-refractivity contribution >= 4 is 17.7 Å². The van der Waals surface area contributed by atoms with Crippen LogP contribution in [0.3, 0.4) is 0 Å². The third-order valence-electron chi connectivity index (χ3n) is 4.55. The van der Waals surface area contributed by atoms with Crippen molar-refractivity contribution in [3.63, 3.8) is 0 Å². The fourth-order valence-electron chi connectivity index (χ4n) is 3.09. The van der Waals surface area contributed by atoms with Crippen LogP contribution in [-0.4, -0.2) is 30.9 Å². The van der Waals surface area contributed by atoms with Crippen LogP contribution in [-0.2, 0) is 30.3 Å². The van der Waals surface area contributed by atoms with Gasteiger partial charge in [0.2, 0.25) is 0 Å². The standard InChI is InChI=1S/C22H32O5/c1-5-26-21(24)19(20(23)22(25)27-6-2)12-10-8-7-9-11-18-14-13-16(3)15-17(18)4/h13-15,19H,5-12H2,1-4H3. The molecule has 0 N–H and O–H groups in total. The number of ketones is 1. The molecule has 5 nitrogen and oxygen atoms in total. The predicted octanol–water partition coefficient (Wildman–Crippen LogP) is 4.11. The molecule has 27 heavy (non-hydrogen) atoms. The molecular formula is C22H32O5. The van der Waals surface area contributed by atoms with Crippen molar-refractivity contribution in [3.8, 4) is 0 Å². The van der Waals surface area contributed by atoms with Crippen LogP contribution in [0, 0.1) is 19.8 Å². The van der Waals surface area contributed by atoms with Gasteiger partial charge in [0.25, 0.3) is 5.78 Å². The Kier molecular flexibility index (Phi) is 10.4. The molecule has 0 radical (unpaired) electrons. The summed E-state index contributed by atoms with van der Waals surface area (Å²) in [6.07, 6.45) is 5.00. The Balaban J connectivity index is 2.43. The van der Waals surface area contributed by atoms with Crippen LogP contribution >= 0.6 is 0 Å². The fourth-order valence-corrected chi connectivity index (χ4v) is 3.09. The van der Waals surface area contributed by atoms with Crippen molar-refractivity contribution in [2.24, 2.45) is 5.92 Å². The summed E-state index contributed by atoms with van der Waals surface area (Å²) in [7, 11) is 0. The van der Waals surface area contributed by atoms with E-state index in [1.54, 1.807) is 13.8 Å². The molecule has 0 saturated carbocycles. The van der Waals surface area contributed by atoms with Gasteiger partial charge in [-0.1, -0.05) is 43.0 Å². The highest BCUT2D eigenvalue weighted by atomic mass is 16.5. The fraction of sp³-hybridized carbons (Fsp3) is 0.591. The number of ether oxygens (including phenoxy) is 2. The van der Waals surface area contributed by atoms with Gasteiger partial charge in [0.1, 0.15) is 5.92 Å². The van der Waals surface area contributed by atoms with E-state index in [0.29, 0.717) is 12.8 Å². The molecule has 0 fully saturated rings. The Morgan fingerprint density at radius 2 is 1.59 bits per heavy atom. The number of esters is 2. The first-order valence-corrected chi connectivity index (χ1v) is 9.84. The maximum atomic E-state index is 12.1. The van der Waals surface area contributed by atoms with Crippen LogP contribution in [0.4, 0.5) is 0 Å². The van der Waals surface area contributed by atoms with Crippen LogP contribution in [0.2, 0.25) is 0 Å². The number of carbonyl (C=O) groups is 3. The molecule has 1 atom stereocenters. The second-order valence-corrected chi connectivity index (χ2v) is 6.77. The third kappa shape index (κ3) is 7.94. The zero-order chi connectivity index (χ0) is 20.2. The zero-order valence-corrected chi connectivity index (χ0v) is 17.0. The highest BCUT2D eigenvalue weighted by Crippen LogP contribution is 2.17. The summed E-state index contributed by atoms with van der Waals surface area (Å²) in [4.78, 5) is 35.8. The Labute approximate surface area is 162 Å². The van der Waals surface area contributed by atoms with Gasteiger partial charge in [-0.2, -0.15) is 0 Å². The van der Waals surface area contributed by atoms with Crippen LogP contribution in [0.25, 0.3) is 0 Å². The van der Waals surface area contributed by atoms with E-state index in [-0.39, 0.29) is 13.2 Å². The molecule has 0 aromatic heterocycles. The van der Waals surface area contributed by atoms with E-state index in [9.17, 15) is 14.4 Å². The van der Waals surface area contributed by atoms with Gasteiger partial charge >= 0.3 is 11.9 Å². The lowest BCUT2D eigenvalue weighted by Gasteiger charge is -2.13. The van der Waals surface area contributed by atoms with E-state index in [4.69, 9.17) is 9.47 Å². The summed E-state index contributed by atoms with van der Waals surface area (Å²) in [5.74, 6) is -3.44. The quantitative estimate of drug-likeness (QED) is 0.238. The summed E-state index contributed by atoms with van der Waals surface area (Å²) in [5, 5.41) is 0. The molecule has 150 valence electrons. The third-order valence-corrected chi connectivity index (χ3v) is 4.55. The van der Waals surface area contributed by atoms with Gasteiger partial charge in [-0.05, 0) is 58.1 Å². The largest absolute Gasteiger partial charge is 0.465 e. The Hall–Kier alpha value is -2.17. The number of Topliss-reactive ketones (excluding diaryl/α,β-unsaturated/α-hetero) is 1. The summed E-state index contributed by atoms with van der Waals surface area (Å²) < 4.78 is 9.67.